The van der Waals surface area contributed by atoms with Gasteiger partial charge in [0.25, 0.3) is 0 Å². The second kappa shape index (κ2) is 4.09. The molecule has 1 N–H and O–H groups in total. The molecule has 21 heavy (non-hydrogen) atoms. The summed E-state index contributed by atoms with van der Waals surface area (Å²) in [6.45, 7) is 0. The van der Waals surface area contributed by atoms with E-state index in [4.69, 9.17) is 4.74 Å². The van der Waals surface area contributed by atoms with Gasteiger partial charge in [-0.2, -0.15) is 0 Å². The molecule has 102 valence electrons. The van der Waals surface area contributed by atoms with Gasteiger partial charge in [-0.05, 0) is 27.6 Å². The minimum Gasteiger partial charge on any atom is -0.504 e. The standard InChI is InChI=1S/C18H12O3/c1-21-18-13-8-6-11-4-2-3-10-5-7-12(16(13)15(10)11)14(9-19)17(18)20/h2-9,20H,1H3. The van der Waals surface area contributed by atoms with Gasteiger partial charge in [0.05, 0.1) is 12.7 Å². The molecule has 0 saturated carbocycles. The van der Waals surface area contributed by atoms with Crippen LogP contribution < -0.4 is 4.74 Å². The van der Waals surface area contributed by atoms with Gasteiger partial charge in [0, 0.05) is 10.8 Å². The Kier molecular flexibility index (Phi) is 2.33. The molecule has 4 aromatic carbocycles. The third-order valence-corrected chi connectivity index (χ3v) is 4.10. The van der Waals surface area contributed by atoms with Gasteiger partial charge in [0.1, 0.15) is 0 Å². The lowest BCUT2D eigenvalue weighted by Crippen LogP contribution is -1.94. The smallest absolute Gasteiger partial charge is 0.169 e. The van der Waals surface area contributed by atoms with E-state index in [1.165, 1.54) is 7.11 Å². The summed E-state index contributed by atoms with van der Waals surface area (Å²) in [5.41, 5.74) is 0.276. The fourth-order valence-corrected chi connectivity index (χ4v) is 3.20. The number of phenols is 1. The van der Waals surface area contributed by atoms with E-state index in [0.29, 0.717) is 12.0 Å². The largest absolute Gasteiger partial charge is 0.504 e. The Morgan fingerprint density at radius 1 is 0.952 bits per heavy atom. The normalized spacial score (nSPS) is 11.5. The Morgan fingerprint density at radius 3 is 2.24 bits per heavy atom. The summed E-state index contributed by atoms with van der Waals surface area (Å²) < 4.78 is 5.34. The number of phenolic OH excluding ortho intramolecular Hbond substituents is 1. The molecule has 0 spiro atoms. The average Bonchev–Trinajstić information content (AvgIpc) is 2.52. The monoisotopic (exact) mass is 276 g/mol. The predicted octanol–water partition coefficient (Wildman–Crippen LogP) is 4.11. The summed E-state index contributed by atoms with van der Waals surface area (Å²) in [4.78, 5) is 11.4. The van der Waals surface area contributed by atoms with Gasteiger partial charge < -0.3 is 9.84 Å². The molecule has 0 bridgehead atoms. The first-order chi connectivity index (χ1) is 10.3. The van der Waals surface area contributed by atoms with Crippen LogP contribution in [0.2, 0.25) is 0 Å². The summed E-state index contributed by atoms with van der Waals surface area (Å²) in [6.07, 6.45) is 0.684. The van der Waals surface area contributed by atoms with E-state index >= 15 is 0 Å². The van der Waals surface area contributed by atoms with Gasteiger partial charge in [-0.15, -0.1) is 0 Å². The van der Waals surface area contributed by atoms with E-state index in [9.17, 15) is 9.90 Å². The Bertz CT molecular complexity index is 986. The highest BCUT2D eigenvalue weighted by Gasteiger charge is 2.19. The summed E-state index contributed by atoms with van der Waals surface area (Å²) in [5.74, 6) is 0.251. The van der Waals surface area contributed by atoms with Crippen molar-refractivity contribution in [3.05, 3.63) is 48.0 Å². The van der Waals surface area contributed by atoms with Crippen LogP contribution >= 0.6 is 0 Å². The van der Waals surface area contributed by atoms with Crippen LogP contribution in [0.15, 0.2) is 42.5 Å². The number of carbonyl (C=O) groups is 1. The predicted molar refractivity (Wildman–Crippen MR) is 83.8 cm³/mol. The Hall–Kier alpha value is -2.81. The number of carbonyl (C=O) groups excluding carboxylic acids is 1. The highest BCUT2D eigenvalue weighted by atomic mass is 16.5. The van der Waals surface area contributed by atoms with Crippen molar-refractivity contribution in [2.75, 3.05) is 7.11 Å². The Morgan fingerprint density at radius 2 is 1.62 bits per heavy atom. The van der Waals surface area contributed by atoms with E-state index < -0.39 is 0 Å². The van der Waals surface area contributed by atoms with Crippen molar-refractivity contribution in [2.45, 2.75) is 0 Å². The van der Waals surface area contributed by atoms with Crippen molar-refractivity contribution in [2.24, 2.45) is 0 Å². The topological polar surface area (TPSA) is 46.5 Å². The minimum atomic E-state index is -0.0987. The molecule has 0 aromatic heterocycles. The molecule has 4 aromatic rings. The second-order valence-corrected chi connectivity index (χ2v) is 5.09. The lowest BCUT2D eigenvalue weighted by molar-refractivity contribution is 0.112. The van der Waals surface area contributed by atoms with Crippen molar-refractivity contribution in [1.29, 1.82) is 0 Å². The molecule has 0 aliphatic rings. The molecule has 0 atom stereocenters. The van der Waals surface area contributed by atoms with Crippen molar-refractivity contribution < 1.29 is 14.6 Å². The van der Waals surface area contributed by atoms with E-state index in [1.807, 2.05) is 42.5 Å². The summed E-state index contributed by atoms with van der Waals surface area (Å²) in [5, 5.41) is 16.1. The van der Waals surface area contributed by atoms with Gasteiger partial charge in [-0.3, -0.25) is 4.79 Å². The zero-order valence-electron chi connectivity index (χ0n) is 11.4. The zero-order valence-corrected chi connectivity index (χ0v) is 11.4. The SMILES string of the molecule is COc1c(O)c(C=O)c2ccc3cccc4ccc1c2c34. The molecule has 0 heterocycles. The van der Waals surface area contributed by atoms with Gasteiger partial charge in [0.15, 0.2) is 17.8 Å². The van der Waals surface area contributed by atoms with Crippen LogP contribution in [-0.2, 0) is 0 Å². The summed E-state index contributed by atoms with van der Waals surface area (Å²) >= 11 is 0. The number of aromatic hydroxyl groups is 1. The van der Waals surface area contributed by atoms with Gasteiger partial charge in [0.2, 0.25) is 0 Å². The van der Waals surface area contributed by atoms with Crippen LogP contribution in [0, 0.1) is 0 Å². The van der Waals surface area contributed by atoms with Crippen molar-refractivity contribution in [1.82, 2.24) is 0 Å². The van der Waals surface area contributed by atoms with E-state index in [-0.39, 0.29) is 11.3 Å². The molecule has 0 unspecified atom stereocenters. The zero-order chi connectivity index (χ0) is 14.6. The molecule has 0 saturated heterocycles. The lowest BCUT2D eigenvalue weighted by atomic mass is 9.91. The second-order valence-electron chi connectivity index (χ2n) is 5.09. The van der Waals surface area contributed by atoms with Crippen LogP contribution in [0.1, 0.15) is 10.4 Å². The van der Waals surface area contributed by atoms with Gasteiger partial charge >= 0.3 is 0 Å². The van der Waals surface area contributed by atoms with Gasteiger partial charge in [-0.25, -0.2) is 0 Å². The Balaban J connectivity index is 2.42. The number of rotatable bonds is 2. The minimum absolute atomic E-state index is 0.0987. The maximum Gasteiger partial charge on any atom is 0.169 e. The van der Waals surface area contributed by atoms with Crippen LogP contribution in [0.4, 0.5) is 0 Å². The van der Waals surface area contributed by atoms with E-state index in [0.717, 1.165) is 32.3 Å². The molecule has 0 radical (unpaired) electrons. The first-order valence-corrected chi connectivity index (χ1v) is 6.68. The quantitative estimate of drug-likeness (QED) is 0.442. The highest BCUT2D eigenvalue weighted by molar-refractivity contribution is 6.27. The molecule has 3 nitrogen and oxygen atoms in total. The molecule has 3 heteroatoms. The average molecular weight is 276 g/mol. The number of benzene rings is 4. The van der Waals surface area contributed by atoms with Crippen LogP contribution in [0.25, 0.3) is 32.3 Å². The molecule has 4 rings (SSSR count). The van der Waals surface area contributed by atoms with Crippen molar-refractivity contribution >= 4 is 38.6 Å². The third kappa shape index (κ3) is 1.40. The molecular formula is C18H12O3. The van der Waals surface area contributed by atoms with E-state index in [1.54, 1.807) is 0 Å². The van der Waals surface area contributed by atoms with Crippen LogP contribution in [0.5, 0.6) is 11.5 Å². The first kappa shape index (κ1) is 12.0. The maximum atomic E-state index is 11.4. The van der Waals surface area contributed by atoms with Gasteiger partial charge in [-0.1, -0.05) is 36.4 Å². The highest BCUT2D eigenvalue weighted by Crippen LogP contribution is 2.45. The van der Waals surface area contributed by atoms with Crippen molar-refractivity contribution in [3.63, 3.8) is 0 Å². The number of methoxy groups -OCH3 is 1. The fraction of sp³-hybridized carbons (Fsp3) is 0.0556. The maximum absolute atomic E-state index is 11.4. The molecule has 0 aliphatic carbocycles. The lowest BCUT2D eigenvalue weighted by Gasteiger charge is -2.16. The fourth-order valence-electron chi connectivity index (χ4n) is 3.20. The number of ether oxygens (including phenoxy) is 1. The molecule has 0 fully saturated rings. The summed E-state index contributed by atoms with van der Waals surface area (Å²) in [7, 11) is 1.50. The molecule has 0 amide bonds. The third-order valence-electron chi connectivity index (χ3n) is 4.10. The molecule has 0 aliphatic heterocycles. The molecular weight excluding hydrogens is 264 g/mol. The number of hydrogen-bond acceptors (Lipinski definition) is 3. The van der Waals surface area contributed by atoms with Crippen LogP contribution in [-0.4, -0.2) is 18.5 Å². The number of hydrogen-bond donors (Lipinski definition) is 1. The van der Waals surface area contributed by atoms with E-state index in [2.05, 4.69) is 0 Å². The van der Waals surface area contributed by atoms with Crippen molar-refractivity contribution in [3.8, 4) is 11.5 Å². The summed E-state index contributed by atoms with van der Waals surface area (Å²) in [6, 6.07) is 13.9. The van der Waals surface area contributed by atoms with Crippen LogP contribution in [0.3, 0.4) is 0 Å². The Labute approximate surface area is 120 Å². The first-order valence-electron chi connectivity index (χ1n) is 6.68. The number of aldehydes is 1.